The van der Waals surface area contributed by atoms with Crippen LogP contribution in [0, 0.1) is 11.8 Å². The molecule has 1 saturated heterocycles. The summed E-state index contributed by atoms with van der Waals surface area (Å²) in [6.45, 7) is 7.46. The zero-order valence-electron chi connectivity index (χ0n) is 13.1. The molecular weight excluding hydrogens is 260 g/mol. The summed E-state index contributed by atoms with van der Waals surface area (Å²) in [6.07, 6.45) is 0.409. The normalized spacial score (nSPS) is 24.1. The highest BCUT2D eigenvalue weighted by molar-refractivity contribution is 5.73. The predicted molar refractivity (Wildman–Crippen MR) is 75.3 cm³/mol. The van der Waals surface area contributed by atoms with Crippen LogP contribution in [0.5, 0.6) is 0 Å². The molecule has 6 nitrogen and oxygen atoms in total. The highest BCUT2D eigenvalue weighted by Gasteiger charge is 2.34. The van der Waals surface area contributed by atoms with Gasteiger partial charge in [0.2, 0.25) is 0 Å². The number of carbonyl (C=O) groups excluding carboxylic acids is 2. The van der Waals surface area contributed by atoms with Gasteiger partial charge in [0.15, 0.2) is 0 Å². The minimum atomic E-state index is -0.515. The highest BCUT2D eigenvalue weighted by atomic mass is 16.6. The monoisotopic (exact) mass is 286 g/mol. The van der Waals surface area contributed by atoms with E-state index in [4.69, 9.17) is 9.47 Å². The van der Waals surface area contributed by atoms with Crippen LogP contribution in [0.4, 0.5) is 4.79 Å². The summed E-state index contributed by atoms with van der Waals surface area (Å²) in [5, 5.41) is 2.75. The molecule has 1 aliphatic heterocycles. The van der Waals surface area contributed by atoms with Gasteiger partial charge in [-0.1, -0.05) is 0 Å². The molecule has 0 radical (unpaired) electrons. The molecule has 1 aliphatic rings. The van der Waals surface area contributed by atoms with Crippen molar-refractivity contribution in [2.75, 3.05) is 33.8 Å². The van der Waals surface area contributed by atoms with Gasteiger partial charge in [-0.25, -0.2) is 4.79 Å². The third kappa shape index (κ3) is 5.36. The summed E-state index contributed by atoms with van der Waals surface area (Å²) in [5.41, 5.74) is -0.515. The number of hydrogen-bond acceptors (Lipinski definition) is 5. The quantitative estimate of drug-likeness (QED) is 0.791. The number of methoxy groups -OCH3 is 1. The SMILES string of the molecule is COC(=O)[C@H]1CN(C)CC[C@H]1CNC(=O)OC(C)(C)C. The standard InChI is InChI=1S/C14H26N2O4/c1-14(2,3)20-13(18)15-8-10-6-7-16(4)9-11(10)12(17)19-5/h10-11H,6-9H2,1-5H3,(H,15,18)/t10-,11-/m0/s1. The van der Waals surface area contributed by atoms with Crippen molar-refractivity contribution in [2.45, 2.75) is 32.8 Å². The van der Waals surface area contributed by atoms with E-state index in [9.17, 15) is 9.59 Å². The first-order valence-corrected chi connectivity index (χ1v) is 6.96. The van der Waals surface area contributed by atoms with E-state index in [2.05, 4.69) is 10.2 Å². The number of amides is 1. The van der Waals surface area contributed by atoms with E-state index in [0.717, 1.165) is 13.0 Å². The Morgan fingerprint density at radius 3 is 2.55 bits per heavy atom. The second kappa shape index (κ2) is 6.92. The van der Waals surface area contributed by atoms with Crippen molar-refractivity contribution in [1.29, 1.82) is 0 Å². The molecule has 0 aromatic carbocycles. The maximum absolute atomic E-state index is 11.8. The van der Waals surface area contributed by atoms with Crippen LogP contribution >= 0.6 is 0 Å². The van der Waals surface area contributed by atoms with Crippen LogP contribution in [-0.2, 0) is 14.3 Å². The molecular formula is C14H26N2O4. The van der Waals surface area contributed by atoms with E-state index in [-0.39, 0.29) is 17.8 Å². The minimum absolute atomic E-state index is 0.0890. The number of rotatable bonds is 3. The molecule has 0 spiro atoms. The van der Waals surface area contributed by atoms with Crippen LogP contribution in [0.15, 0.2) is 0 Å². The first-order chi connectivity index (χ1) is 9.23. The lowest BCUT2D eigenvalue weighted by molar-refractivity contribution is -0.149. The number of hydrogen-bond donors (Lipinski definition) is 1. The third-order valence-electron chi connectivity index (χ3n) is 3.37. The minimum Gasteiger partial charge on any atom is -0.469 e. The van der Waals surface area contributed by atoms with E-state index in [0.29, 0.717) is 13.1 Å². The van der Waals surface area contributed by atoms with Gasteiger partial charge in [0.1, 0.15) is 5.60 Å². The lowest BCUT2D eigenvalue weighted by atomic mass is 9.85. The Bertz CT molecular complexity index is 352. The van der Waals surface area contributed by atoms with Crippen molar-refractivity contribution in [2.24, 2.45) is 11.8 Å². The van der Waals surface area contributed by atoms with Crippen LogP contribution < -0.4 is 5.32 Å². The average molecular weight is 286 g/mol. The summed E-state index contributed by atoms with van der Waals surface area (Å²) < 4.78 is 10.0. The average Bonchev–Trinajstić information content (AvgIpc) is 2.34. The second-order valence-electron chi connectivity index (χ2n) is 6.32. The highest BCUT2D eigenvalue weighted by Crippen LogP contribution is 2.23. The van der Waals surface area contributed by atoms with Gasteiger partial charge in [-0.05, 0) is 46.7 Å². The number of ether oxygens (including phenoxy) is 2. The van der Waals surface area contributed by atoms with Crippen LogP contribution in [0.1, 0.15) is 27.2 Å². The maximum atomic E-state index is 11.8. The van der Waals surface area contributed by atoms with Gasteiger partial charge >= 0.3 is 12.1 Å². The zero-order chi connectivity index (χ0) is 15.3. The Kier molecular flexibility index (Phi) is 5.80. The molecule has 2 atom stereocenters. The fourth-order valence-corrected chi connectivity index (χ4v) is 2.35. The number of likely N-dealkylation sites (tertiary alicyclic amines) is 1. The number of nitrogens with zero attached hydrogens (tertiary/aromatic N) is 1. The van der Waals surface area contributed by atoms with Crippen LogP contribution in [-0.4, -0.2) is 56.4 Å². The zero-order valence-corrected chi connectivity index (χ0v) is 13.1. The van der Waals surface area contributed by atoms with Gasteiger partial charge in [0.05, 0.1) is 13.0 Å². The van der Waals surface area contributed by atoms with E-state index in [1.54, 1.807) is 0 Å². The first-order valence-electron chi connectivity index (χ1n) is 6.96. The smallest absolute Gasteiger partial charge is 0.407 e. The Hall–Kier alpha value is -1.30. The Morgan fingerprint density at radius 2 is 2.00 bits per heavy atom. The fourth-order valence-electron chi connectivity index (χ4n) is 2.35. The molecule has 0 bridgehead atoms. The molecule has 6 heteroatoms. The summed E-state index contributed by atoms with van der Waals surface area (Å²) in [6, 6.07) is 0. The summed E-state index contributed by atoms with van der Waals surface area (Å²) in [4.78, 5) is 25.6. The van der Waals surface area contributed by atoms with Gasteiger partial charge in [0.25, 0.3) is 0 Å². The Balaban J connectivity index is 2.51. The Morgan fingerprint density at radius 1 is 1.35 bits per heavy atom. The van der Waals surface area contributed by atoms with Crippen molar-refractivity contribution in [3.63, 3.8) is 0 Å². The van der Waals surface area contributed by atoms with E-state index in [1.165, 1.54) is 7.11 Å². The number of nitrogens with one attached hydrogen (secondary N) is 1. The molecule has 0 unspecified atom stereocenters. The summed E-state index contributed by atoms with van der Waals surface area (Å²) >= 11 is 0. The van der Waals surface area contributed by atoms with Gasteiger partial charge in [-0.2, -0.15) is 0 Å². The van der Waals surface area contributed by atoms with Gasteiger partial charge in [-0.15, -0.1) is 0 Å². The van der Waals surface area contributed by atoms with E-state index in [1.807, 2.05) is 27.8 Å². The molecule has 1 N–H and O–H groups in total. The third-order valence-corrected chi connectivity index (χ3v) is 3.37. The van der Waals surface area contributed by atoms with Gasteiger partial charge in [0, 0.05) is 13.1 Å². The van der Waals surface area contributed by atoms with Crippen molar-refractivity contribution >= 4 is 12.1 Å². The summed E-state index contributed by atoms with van der Waals surface area (Å²) in [5.74, 6) is -0.326. The molecule has 0 aromatic rings. The predicted octanol–water partition coefficient (Wildman–Crippen LogP) is 1.25. The number of esters is 1. The van der Waals surface area contributed by atoms with Crippen LogP contribution in [0.2, 0.25) is 0 Å². The molecule has 0 aliphatic carbocycles. The number of carbonyl (C=O) groups is 2. The van der Waals surface area contributed by atoms with E-state index >= 15 is 0 Å². The lowest BCUT2D eigenvalue weighted by Gasteiger charge is -2.35. The maximum Gasteiger partial charge on any atom is 0.407 e. The van der Waals surface area contributed by atoms with Crippen molar-refractivity contribution < 1.29 is 19.1 Å². The fraction of sp³-hybridized carbons (Fsp3) is 0.857. The van der Waals surface area contributed by atoms with Gasteiger partial charge < -0.3 is 19.7 Å². The molecule has 1 fully saturated rings. The van der Waals surface area contributed by atoms with E-state index < -0.39 is 11.7 Å². The Labute approximate surface area is 120 Å². The second-order valence-corrected chi connectivity index (χ2v) is 6.32. The molecule has 0 aromatic heterocycles. The largest absolute Gasteiger partial charge is 0.469 e. The number of alkyl carbamates (subject to hydrolysis) is 1. The van der Waals surface area contributed by atoms with Crippen LogP contribution in [0.25, 0.3) is 0 Å². The van der Waals surface area contributed by atoms with Crippen molar-refractivity contribution in [3.05, 3.63) is 0 Å². The number of piperidine rings is 1. The molecule has 0 saturated carbocycles. The lowest BCUT2D eigenvalue weighted by Crippen LogP contribution is -2.47. The van der Waals surface area contributed by atoms with Gasteiger partial charge in [-0.3, -0.25) is 4.79 Å². The molecule has 116 valence electrons. The molecule has 1 rings (SSSR count). The first kappa shape index (κ1) is 16.8. The molecule has 20 heavy (non-hydrogen) atoms. The molecule has 1 heterocycles. The van der Waals surface area contributed by atoms with Crippen LogP contribution in [0.3, 0.4) is 0 Å². The van der Waals surface area contributed by atoms with Crippen molar-refractivity contribution in [3.8, 4) is 0 Å². The molecule has 1 amide bonds. The topological polar surface area (TPSA) is 67.9 Å². The van der Waals surface area contributed by atoms with Crippen molar-refractivity contribution in [1.82, 2.24) is 10.2 Å². The summed E-state index contributed by atoms with van der Waals surface area (Å²) in [7, 11) is 3.38.